The maximum Gasteiger partial charge on any atom is 0.186 e. The number of benzene rings is 1. The minimum absolute atomic E-state index is 0.169. The van der Waals surface area contributed by atoms with Crippen molar-refractivity contribution in [1.29, 1.82) is 0 Å². The Morgan fingerprint density at radius 3 is 2.83 bits per heavy atom. The van der Waals surface area contributed by atoms with E-state index in [0.29, 0.717) is 11.3 Å². The third-order valence-electron chi connectivity index (χ3n) is 3.88. The molecule has 1 aromatic carbocycles. The highest BCUT2D eigenvalue weighted by Gasteiger charge is 2.40. The van der Waals surface area contributed by atoms with Gasteiger partial charge in [-0.1, -0.05) is 18.6 Å². The molecule has 1 aliphatic rings. The van der Waals surface area contributed by atoms with E-state index in [0.717, 1.165) is 31.4 Å². The lowest BCUT2D eigenvalue weighted by Gasteiger charge is -2.27. The molecule has 0 saturated carbocycles. The molecule has 1 fully saturated rings. The van der Waals surface area contributed by atoms with Crippen LogP contribution in [0.5, 0.6) is 5.75 Å². The van der Waals surface area contributed by atoms with Gasteiger partial charge in [0.1, 0.15) is 5.75 Å². The fourth-order valence-corrected chi connectivity index (χ4v) is 2.72. The molecule has 18 heavy (non-hydrogen) atoms. The third-order valence-corrected chi connectivity index (χ3v) is 3.88. The highest BCUT2D eigenvalue weighted by molar-refractivity contribution is 6.05. The summed E-state index contributed by atoms with van der Waals surface area (Å²) in [6.07, 6.45) is 2.80. The molecule has 0 radical (unpaired) electrons. The highest BCUT2D eigenvalue weighted by atomic mass is 16.5. The Kier molecular flexibility index (Phi) is 3.71. The lowest BCUT2D eigenvalue weighted by molar-refractivity contribution is 0.0860. The summed E-state index contributed by atoms with van der Waals surface area (Å²) in [6.45, 7) is 4.99. The van der Waals surface area contributed by atoms with Crippen molar-refractivity contribution in [2.75, 3.05) is 13.7 Å². The molecule has 0 spiro atoms. The number of hydrogen-bond donors (Lipinski definition) is 1. The Bertz CT molecular complexity index is 448. The fourth-order valence-electron chi connectivity index (χ4n) is 2.72. The average Bonchev–Trinajstić information content (AvgIpc) is 2.87. The monoisotopic (exact) mass is 247 g/mol. The van der Waals surface area contributed by atoms with Gasteiger partial charge in [0.15, 0.2) is 5.78 Å². The first-order valence-corrected chi connectivity index (χ1v) is 6.57. The van der Waals surface area contributed by atoms with Gasteiger partial charge in [0, 0.05) is 0 Å². The summed E-state index contributed by atoms with van der Waals surface area (Å²) in [5.41, 5.74) is 1.40. The molecule has 1 unspecified atom stereocenters. The van der Waals surface area contributed by atoms with E-state index in [9.17, 15) is 4.79 Å². The van der Waals surface area contributed by atoms with Gasteiger partial charge in [-0.2, -0.15) is 0 Å². The first-order valence-electron chi connectivity index (χ1n) is 6.57. The smallest absolute Gasteiger partial charge is 0.186 e. The SMILES string of the molecule is CCC1(C(=O)c2cc(C)ccc2OC)CCCN1. The van der Waals surface area contributed by atoms with Gasteiger partial charge >= 0.3 is 0 Å². The summed E-state index contributed by atoms with van der Waals surface area (Å²) in [6, 6.07) is 5.77. The molecule has 98 valence electrons. The minimum Gasteiger partial charge on any atom is -0.496 e. The number of ketones is 1. The molecule has 1 aromatic rings. The van der Waals surface area contributed by atoms with Crippen LogP contribution in [0, 0.1) is 6.92 Å². The van der Waals surface area contributed by atoms with Crippen molar-refractivity contribution in [1.82, 2.24) is 5.32 Å². The number of nitrogens with one attached hydrogen (secondary N) is 1. The summed E-state index contributed by atoms with van der Waals surface area (Å²) in [7, 11) is 1.61. The minimum atomic E-state index is -0.388. The maximum atomic E-state index is 12.8. The molecule has 3 heteroatoms. The van der Waals surface area contributed by atoms with Crippen LogP contribution >= 0.6 is 0 Å². The summed E-state index contributed by atoms with van der Waals surface area (Å²) in [5, 5.41) is 3.38. The van der Waals surface area contributed by atoms with Crippen molar-refractivity contribution in [3.8, 4) is 5.75 Å². The van der Waals surface area contributed by atoms with Crippen molar-refractivity contribution in [3.63, 3.8) is 0 Å². The molecular formula is C15H21NO2. The van der Waals surface area contributed by atoms with Crippen LogP contribution < -0.4 is 10.1 Å². The van der Waals surface area contributed by atoms with Gasteiger partial charge in [-0.25, -0.2) is 0 Å². The van der Waals surface area contributed by atoms with Crippen LogP contribution in [0.3, 0.4) is 0 Å². The molecule has 1 N–H and O–H groups in total. The van der Waals surface area contributed by atoms with Crippen LogP contribution in [0.4, 0.5) is 0 Å². The van der Waals surface area contributed by atoms with Crippen LogP contribution in [-0.2, 0) is 0 Å². The lowest BCUT2D eigenvalue weighted by Crippen LogP contribution is -2.47. The topological polar surface area (TPSA) is 38.3 Å². The van der Waals surface area contributed by atoms with Crippen molar-refractivity contribution >= 4 is 5.78 Å². The Morgan fingerprint density at radius 1 is 1.50 bits per heavy atom. The van der Waals surface area contributed by atoms with Crippen LogP contribution in [-0.4, -0.2) is 25.0 Å². The third kappa shape index (κ3) is 2.15. The number of carbonyl (C=O) groups is 1. The van der Waals surface area contributed by atoms with E-state index >= 15 is 0 Å². The summed E-state index contributed by atoms with van der Waals surface area (Å²) in [5.74, 6) is 0.843. The van der Waals surface area contributed by atoms with Crippen molar-refractivity contribution < 1.29 is 9.53 Å². The molecule has 0 amide bonds. The second-order valence-electron chi connectivity index (χ2n) is 5.00. The van der Waals surface area contributed by atoms with Crippen LogP contribution in [0.25, 0.3) is 0 Å². The fraction of sp³-hybridized carbons (Fsp3) is 0.533. The van der Waals surface area contributed by atoms with Gasteiger partial charge in [-0.15, -0.1) is 0 Å². The van der Waals surface area contributed by atoms with Gasteiger partial charge in [0.2, 0.25) is 0 Å². The Labute approximate surface area is 109 Å². The second-order valence-corrected chi connectivity index (χ2v) is 5.00. The molecule has 0 aromatic heterocycles. The van der Waals surface area contributed by atoms with E-state index in [-0.39, 0.29) is 11.3 Å². The molecule has 1 heterocycles. The zero-order valence-electron chi connectivity index (χ0n) is 11.4. The Morgan fingerprint density at radius 2 is 2.28 bits per heavy atom. The summed E-state index contributed by atoms with van der Waals surface area (Å²) < 4.78 is 5.32. The number of methoxy groups -OCH3 is 1. The van der Waals surface area contributed by atoms with Crippen LogP contribution in [0.1, 0.15) is 42.1 Å². The normalized spacial score (nSPS) is 23.1. The predicted molar refractivity (Wildman–Crippen MR) is 72.3 cm³/mol. The number of Topliss-reactive ketones (excluding diaryl/α,β-unsaturated/α-hetero) is 1. The summed E-state index contributed by atoms with van der Waals surface area (Å²) >= 11 is 0. The predicted octanol–water partition coefficient (Wildman–Crippen LogP) is 2.72. The number of carbonyl (C=O) groups excluding carboxylic acids is 1. The first-order chi connectivity index (χ1) is 8.63. The largest absolute Gasteiger partial charge is 0.496 e. The molecule has 1 atom stereocenters. The standard InChI is InChI=1S/C15H21NO2/c1-4-15(8-5-9-16-15)14(17)12-10-11(2)6-7-13(12)18-3/h6-7,10,16H,4-5,8-9H2,1-3H3. The van der Waals surface area contributed by atoms with E-state index in [2.05, 4.69) is 12.2 Å². The van der Waals surface area contributed by atoms with Gasteiger partial charge in [0.25, 0.3) is 0 Å². The van der Waals surface area contributed by atoms with Gasteiger partial charge in [0.05, 0.1) is 18.2 Å². The van der Waals surface area contributed by atoms with Crippen LogP contribution in [0.15, 0.2) is 18.2 Å². The maximum absolute atomic E-state index is 12.8. The van der Waals surface area contributed by atoms with E-state index in [1.165, 1.54) is 0 Å². The van der Waals surface area contributed by atoms with E-state index in [1.54, 1.807) is 7.11 Å². The van der Waals surface area contributed by atoms with Crippen molar-refractivity contribution in [2.45, 2.75) is 38.6 Å². The first kappa shape index (κ1) is 13.1. The summed E-state index contributed by atoms with van der Waals surface area (Å²) in [4.78, 5) is 12.8. The molecular weight excluding hydrogens is 226 g/mol. The van der Waals surface area contributed by atoms with Crippen LogP contribution in [0.2, 0.25) is 0 Å². The van der Waals surface area contributed by atoms with Crippen molar-refractivity contribution in [2.24, 2.45) is 0 Å². The number of ether oxygens (including phenoxy) is 1. The van der Waals surface area contributed by atoms with Crippen molar-refractivity contribution in [3.05, 3.63) is 29.3 Å². The molecule has 1 saturated heterocycles. The van der Waals surface area contributed by atoms with Gasteiger partial charge < -0.3 is 10.1 Å². The Hall–Kier alpha value is -1.35. The quantitative estimate of drug-likeness (QED) is 0.831. The molecule has 3 nitrogen and oxygen atoms in total. The molecule has 0 aliphatic carbocycles. The van der Waals surface area contributed by atoms with E-state index in [1.807, 2.05) is 25.1 Å². The molecule has 2 rings (SSSR count). The molecule has 1 aliphatic heterocycles. The van der Waals surface area contributed by atoms with E-state index in [4.69, 9.17) is 4.74 Å². The highest BCUT2D eigenvalue weighted by Crippen LogP contribution is 2.31. The second kappa shape index (κ2) is 5.11. The van der Waals surface area contributed by atoms with E-state index < -0.39 is 0 Å². The zero-order chi connectivity index (χ0) is 13.2. The Balaban J connectivity index is 2.41. The number of aryl methyl sites for hydroxylation is 1. The zero-order valence-corrected chi connectivity index (χ0v) is 11.4. The van der Waals surface area contributed by atoms with Gasteiger partial charge in [-0.05, 0) is 44.9 Å². The number of rotatable bonds is 4. The van der Waals surface area contributed by atoms with Gasteiger partial charge in [-0.3, -0.25) is 4.79 Å². The average molecular weight is 247 g/mol. The number of hydrogen-bond acceptors (Lipinski definition) is 3. The lowest BCUT2D eigenvalue weighted by atomic mass is 9.84. The molecule has 0 bridgehead atoms.